The van der Waals surface area contributed by atoms with Crippen molar-refractivity contribution in [3.63, 3.8) is 0 Å². The molecule has 1 aliphatic carbocycles. The van der Waals surface area contributed by atoms with Gasteiger partial charge in [-0.25, -0.2) is 9.78 Å². The molecule has 0 radical (unpaired) electrons. The molecule has 0 saturated heterocycles. The highest BCUT2D eigenvalue weighted by Crippen LogP contribution is 2.32. The lowest BCUT2D eigenvalue weighted by atomic mass is 9.88. The van der Waals surface area contributed by atoms with Crippen LogP contribution in [0.4, 0.5) is 0 Å². The van der Waals surface area contributed by atoms with Crippen molar-refractivity contribution in [1.29, 1.82) is 0 Å². The molecule has 6 nitrogen and oxygen atoms in total. The Labute approximate surface area is 207 Å². The fourth-order valence-corrected chi connectivity index (χ4v) is 4.18. The molecule has 1 heterocycles. The Balaban J connectivity index is 0.00000306. The molecule has 3 N–H and O–H groups in total. The van der Waals surface area contributed by atoms with Crippen LogP contribution in [0.3, 0.4) is 0 Å². The lowest BCUT2D eigenvalue weighted by Crippen LogP contribution is -2.37. The fraction of sp³-hybridized carbons (Fsp3) is 0.250. The summed E-state index contributed by atoms with van der Waals surface area (Å²) in [6.07, 6.45) is 3.41. The third-order valence-corrected chi connectivity index (χ3v) is 6.18. The zero-order chi connectivity index (χ0) is 22.7. The van der Waals surface area contributed by atoms with Crippen molar-refractivity contribution in [2.75, 3.05) is 6.54 Å². The largest absolute Gasteiger partial charge is 0.478 e. The summed E-state index contributed by atoms with van der Waals surface area (Å²) in [5.74, 6) is -0.534. The van der Waals surface area contributed by atoms with Gasteiger partial charge in [-0.3, -0.25) is 0 Å². The summed E-state index contributed by atoms with van der Waals surface area (Å²) in [4.78, 5) is 15.3. The van der Waals surface area contributed by atoms with E-state index in [2.05, 4.69) is 10.3 Å². The smallest absolute Gasteiger partial charge is 0.337 e. The number of carboxylic acid groups (broad SMARTS) is 1. The first-order valence-corrected chi connectivity index (χ1v) is 11.0. The maximum atomic E-state index is 11.3. The Kier molecular flexibility index (Phi) is 8.57. The lowest BCUT2D eigenvalue weighted by Gasteiger charge is -2.27. The van der Waals surface area contributed by atoms with Crippen molar-refractivity contribution in [3.05, 3.63) is 87.0 Å². The minimum Gasteiger partial charge on any atom is -0.478 e. The van der Waals surface area contributed by atoms with Gasteiger partial charge in [0.2, 0.25) is 5.88 Å². The number of fused-ring (bicyclic) bond motifs is 1. The number of aliphatic hydroxyl groups is 1. The van der Waals surface area contributed by atoms with E-state index in [1.54, 1.807) is 12.1 Å². The van der Waals surface area contributed by atoms with E-state index in [0.717, 1.165) is 30.4 Å². The molecule has 0 aliphatic heterocycles. The quantitative estimate of drug-likeness (QED) is 0.391. The lowest BCUT2D eigenvalue weighted by molar-refractivity contribution is 0.0696. The number of carboxylic acids is 1. The molecule has 174 valence electrons. The average molecular weight is 510 g/mol. The molecule has 9 heteroatoms. The van der Waals surface area contributed by atoms with E-state index in [9.17, 15) is 15.0 Å². The third-order valence-electron chi connectivity index (χ3n) is 5.56. The number of aromatic carboxylic acids is 1. The average Bonchev–Trinajstić information content (AvgIpc) is 2.79. The van der Waals surface area contributed by atoms with Gasteiger partial charge in [0.05, 0.1) is 11.7 Å². The van der Waals surface area contributed by atoms with Crippen LogP contribution in [-0.2, 0) is 12.8 Å². The van der Waals surface area contributed by atoms with Crippen LogP contribution >= 0.6 is 35.6 Å². The van der Waals surface area contributed by atoms with Gasteiger partial charge in [0, 0.05) is 23.8 Å². The molecule has 33 heavy (non-hydrogen) atoms. The predicted molar refractivity (Wildman–Crippen MR) is 130 cm³/mol. The van der Waals surface area contributed by atoms with Crippen molar-refractivity contribution in [3.8, 4) is 11.6 Å². The molecule has 0 amide bonds. The Hall–Kier alpha value is -2.35. The van der Waals surface area contributed by atoms with Gasteiger partial charge < -0.3 is 20.3 Å². The first-order valence-electron chi connectivity index (χ1n) is 10.2. The van der Waals surface area contributed by atoms with Crippen LogP contribution in [0.2, 0.25) is 10.0 Å². The van der Waals surface area contributed by atoms with Crippen molar-refractivity contribution in [2.45, 2.75) is 31.4 Å². The van der Waals surface area contributed by atoms with Crippen LogP contribution in [0, 0.1) is 0 Å². The van der Waals surface area contributed by atoms with Crippen LogP contribution in [-0.4, -0.2) is 33.8 Å². The molecular formula is C24H23Cl3N2O4. The molecule has 2 atom stereocenters. The minimum atomic E-state index is -1.14. The van der Waals surface area contributed by atoms with Gasteiger partial charge in [0.15, 0.2) is 0 Å². The van der Waals surface area contributed by atoms with Crippen LogP contribution in [0.5, 0.6) is 11.6 Å². The van der Waals surface area contributed by atoms with Crippen molar-refractivity contribution in [2.24, 2.45) is 0 Å². The van der Waals surface area contributed by atoms with Crippen LogP contribution in [0.25, 0.3) is 0 Å². The number of hydrogen-bond donors (Lipinski definition) is 3. The Morgan fingerprint density at radius 3 is 2.64 bits per heavy atom. The monoisotopic (exact) mass is 508 g/mol. The second-order valence-corrected chi connectivity index (χ2v) is 8.55. The second kappa shape index (κ2) is 11.2. The van der Waals surface area contributed by atoms with E-state index in [4.69, 9.17) is 27.9 Å². The van der Waals surface area contributed by atoms with Gasteiger partial charge >= 0.3 is 5.97 Å². The maximum Gasteiger partial charge on any atom is 0.337 e. The topological polar surface area (TPSA) is 91.7 Å². The van der Waals surface area contributed by atoms with E-state index >= 15 is 0 Å². The van der Waals surface area contributed by atoms with Gasteiger partial charge in [0.25, 0.3) is 0 Å². The number of carbonyl (C=O) groups is 1. The number of aromatic nitrogens is 1. The van der Waals surface area contributed by atoms with E-state index in [0.29, 0.717) is 17.3 Å². The number of pyridine rings is 1. The van der Waals surface area contributed by atoms with Gasteiger partial charge in [-0.2, -0.15) is 0 Å². The summed E-state index contributed by atoms with van der Waals surface area (Å²) in [6, 6.07) is 14.5. The molecule has 1 aliphatic rings. The zero-order valence-electron chi connectivity index (χ0n) is 17.5. The van der Waals surface area contributed by atoms with E-state index in [-0.39, 0.29) is 34.9 Å². The number of hydrogen-bond acceptors (Lipinski definition) is 5. The fourth-order valence-electron chi connectivity index (χ4n) is 3.82. The van der Waals surface area contributed by atoms with Crippen LogP contribution < -0.4 is 10.1 Å². The van der Waals surface area contributed by atoms with E-state index in [1.165, 1.54) is 17.8 Å². The van der Waals surface area contributed by atoms with Crippen LogP contribution in [0.1, 0.15) is 39.6 Å². The number of nitrogens with zero attached hydrogens (tertiary/aromatic N) is 1. The number of nitrogens with one attached hydrogen (secondary N) is 1. The highest BCUT2D eigenvalue weighted by molar-refractivity contribution is 6.34. The molecule has 1 aromatic heterocycles. The molecular weight excluding hydrogens is 487 g/mol. The Morgan fingerprint density at radius 2 is 1.91 bits per heavy atom. The number of aryl methyl sites for hydroxylation is 1. The molecule has 0 fully saturated rings. The van der Waals surface area contributed by atoms with E-state index in [1.807, 2.05) is 30.3 Å². The SMILES string of the molecule is Cl.O=C(O)c1ccnc(Oc2ccc3c(c2)C[C@@H](NC[C@H](O)c2ccc(Cl)cc2)CC3)c1Cl. The molecule has 0 bridgehead atoms. The highest BCUT2D eigenvalue weighted by Gasteiger charge is 2.21. The van der Waals surface area contributed by atoms with Crippen LogP contribution in [0.15, 0.2) is 54.7 Å². The standard InChI is InChI=1S/C24H22Cl2N2O4.ClH/c25-17-5-1-15(2-6-17)21(29)13-28-18-7-3-14-4-8-19(12-16(14)11-18)32-23-22(26)20(24(30)31)9-10-27-23;/h1-2,4-6,8-10,12,18,21,28-29H,3,7,11,13H2,(H,30,31);1H/t18-,21-;/m0./s1. The number of halogens is 3. The summed E-state index contributed by atoms with van der Waals surface area (Å²) in [6.45, 7) is 0.444. The highest BCUT2D eigenvalue weighted by atomic mass is 35.5. The van der Waals surface area contributed by atoms with Gasteiger partial charge in [-0.05, 0) is 66.3 Å². The number of rotatable bonds is 7. The zero-order valence-corrected chi connectivity index (χ0v) is 19.8. The van der Waals surface area contributed by atoms with Crippen molar-refractivity contribution < 1.29 is 19.7 Å². The third kappa shape index (κ3) is 6.16. The predicted octanol–water partition coefficient (Wildman–Crippen LogP) is 5.48. The summed E-state index contributed by atoms with van der Waals surface area (Å²) in [5, 5.41) is 23.7. The molecule has 3 aromatic rings. The first kappa shape index (κ1) is 25.3. The minimum absolute atomic E-state index is 0. The van der Waals surface area contributed by atoms with E-state index < -0.39 is 12.1 Å². The molecule has 0 spiro atoms. The summed E-state index contributed by atoms with van der Waals surface area (Å²) in [5.41, 5.74) is 3.14. The second-order valence-electron chi connectivity index (χ2n) is 7.73. The van der Waals surface area contributed by atoms with Gasteiger partial charge in [-0.15, -0.1) is 12.4 Å². The molecule has 0 unspecified atom stereocenters. The molecule has 2 aromatic carbocycles. The summed E-state index contributed by atoms with van der Waals surface area (Å²) in [7, 11) is 0. The Morgan fingerprint density at radius 1 is 1.15 bits per heavy atom. The number of aliphatic hydroxyl groups excluding tert-OH is 1. The normalized spacial score (nSPS) is 15.8. The van der Waals surface area contributed by atoms with Crippen molar-refractivity contribution >= 4 is 41.6 Å². The van der Waals surface area contributed by atoms with Crippen molar-refractivity contribution in [1.82, 2.24) is 10.3 Å². The molecule has 4 rings (SSSR count). The number of benzene rings is 2. The molecule has 0 saturated carbocycles. The number of ether oxygens (including phenoxy) is 1. The first-order chi connectivity index (χ1) is 15.4. The summed E-state index contributed by atoms with van der Waals surface area (Å²) < 4.78 is 5.79. The summed E-state index contributed by atoms with van der Waals surface area (Å²) >= 11 is 12.1. The van der Waals surface area contributed by atoms with Gasteiger partial charge in [0.1, 0.15) is 10.8 Å². The van der Waals surface area contributed by atoms with Gasteiger partial charge in [-0.1, -0.05) is 41.4 Å². The Bertz CT molecular complexity index is 1130. The maximum absolute atomic E-state index is 11.3.